The van der Waals surface area contributed by atoms with Crippen LogP contribution in [-0.4, -0.2) is 42.0 Å². The fourth-order valence-corrected chi connectivity index (χ4v) is 5.88. The highest BCUT2D eigenvalue weighted by atomic mass is 35.5. The number of pyridine rings is 1. The SMILES string of the molecule is C=Cc1ccc(C[C@@H]2CC[C@H]([C@H](O[Si](C)(C)C(C)(C)C)c3ccc(Cl)nc3)N2C(=O)OC(C)(C)C)cc1. The minimum atomic E-state index is -2.20. The van der Waals surface area contributed by atoms with Crippen molar-refractivity contribution in [1.29, 1.82) is 0 Å². The predicted octanol–water partition coefficient (Wildman–Crippen LogP) is 8.45. The highest BCUT2D eigenvalue weighted by Crippen LogP contribution is 2.44. The third-order valence-corrected chi connectivity index (χ3v) is 12.2. The molecule has 1 aliphatic heterocycles. The Balaban J connectivity index is 2.02. The van der Waals surface area contributed by atoms with E-state index in [2.05, 4.69) is 69.7 Å². The first-order chi connectivity index (χ1) is 17.1. The Labute approximate surface area is 229 Å². The number of hydrogen-bond donors (Lipinski definition) is 0. The van der Waals surface area contributed by atoms with E-state index in [4.69, 9.17) is 20.8 Å². The fourth-order valence-electron chi connectivity index (χ4n) is 4.49. The van der Waals surface area contributed by atoms with Gasteiger partial charge >= 0.3 is 6.09 Å². The zero-order valence-electron chi connectivity index (χ0n) is 23.7. The second-order valence-electron chi connectivity index (χ2n) is 12.5. The second-order valence-corrected chi connectivity index (χ2v) is 17.7. The Bertz CT molecular complexity index is 1070. The number of carbonyl (C=O) groups is 1. The van der Waals surface area contributed by atoms with Crippen LogP contribution >= 0.6 is 11.6 Å². The molecule has 0 spiro atoms. The predicted molar refractivity (Wildman–Crippen MR) is 155 cm³/mol. The van der Waals surface area contributed by atoms with Gasteiger partial charge in [0.1, 0.15) is 10.8 Å². The molecule has 1 aromatic carbocycles. The standard InChI is InChI=1S/C30H43ClN2O3Si/c1-10-21-11-13-22(14-12-21)19-24-16-17-25(33(24)28(34)35-29(2,3)4)27(23-15-18-26(31)32-20-23)36-37(8,9)30(5,6)7/h10-15,18,20,24-25,27H,1,16-17,19H2,2-9H3/t24-,25+,27+/m0/s1. The quantitative estimate of drug-likeness (QED) is 0.260. The maximum Gasteiger partial charge on any atom is 0.410 e. The molecule has 3 atom stereocenters. The van der Waals surface area contributed by atoms with E-state index in [1.54, 1.807) is 12.3 Å². The molecule has 0 saturated carbocycles. The number of rotatable bonds is 7. The summed E-state index contributed by atoms with van der Waals surface area (Å²) in [7, 11) is -2.20. The van der Waals surface area contributed by atoms with Gasteiger partial charge < -0.3 is 9.16 Å². The number of amides is 1. The van der Waals surface area contributed by atoms with Gasteiger partial charge in [0.25, 0.3) is 0 Å². The molecular formula is C30H43ClN2O3Si. The molecule has 202 valence electrons. The fraction of sp³-hybridized carbons (Fsp3) is 0.533. The molecule has 1 saturated heterocycles. The maximum atomic E-state index is 13.7. The van der Waals surface area contributed by atoms with Crippen LogP contribution in [0.2, 0.25) is 23.3 Å². The summed E-state index contributed by atoms with van der Waals surface area (Å²) in [6.45, 7) is 20.8. The first-order valence-corrected chi connectivity index (χ1v) is 16.4. The van der Waals surface area contributed by atoms with E-state index < -0.39 is 13.9 Å². The van der Waals surface area contributed by atoms with Gasteiger partial charge in [-0.1, -0.05) is 75.4 Å². The molecule has 0 N–H and O–H groups in total. The zero-order valence-corrected chi connectivity index (χ0v) is 25.4. The minimum absolute atomic E-state index is 0.000191. The summed E-state index contributed by atoms with van der Waals surface area (Å²) in [5.41, 5.74) is 2.59. The summed E-state index contributed by atoms with van der Waals surface area (Å²) in [4.78, 5) is 20.0. The molecular weight excluding hydrogens is 500 g/mol. The van der Waals surface area contributed by atoms with Crippen molar-refractivity contribution in [2.75, 3.05) is 0 Å². The summed E-state index contributed by atoms with van der Waals surface area (Å²) in [6, 6.07) is 12.0. The largest absolute Gasteiger partial charge is 0.444 e. The average molecular weight is 543 g/mol. The molecule has 1 amide bonds. The van der Waals surface area contributed by atoms with Crippen molar-refractivity contribution < 1.29 is 14.0 Å². The van der Waals surface area contributed by atoms with E-state index in [1.807, 2.05) is 37.8 Å². The summed E-state index contributed by atoms with van der Waals surface area (Å²) in [5, 5.41) is 0.443. The number of halogens is 1. The molecule has 7 heteroatoms. The van der Waals surface area contributed by atoms with E-state index in [9.17, 15) is 4.79 Å². The van der Waals surface area contributed by atoms with Crippen LogP contribution in [0.5, 0.6) is 0 Å². The minimum Gasteiger partial charge on any atom is -0.444 e. The summed E-state index contributed by atoms with van der Waals surface area (Å²) in [6.07, 6.45) is 5.43. The molecule has 2 heterocycles. The molecule has 0 radical (unpaired) electrons. The molecule has 1 aliphatic rings. The lowest BCUT2D eigenvalue weighted by Crippen LogP contribution is -2.50. The number of ether oxygens (including phenoxy) is 1. The lowest BCUT2D eigenvalue weighted by Gasteiger charge is -2.43. The number of nitrogens with zero attached hydrogens (tertiary/aromatic N) is 2. The first-order valence-electron chi connectivity index (χ1n) is 13.1. The number of aromatic nitrogens is 1. The molecule has 3 rings (SSSR count). The molecule has 0 aliphatic carbocycles. The number of carbonyl (C=O) groups excluding carboxylic acids is 1. The number of likely N-dealkylation sites (tertiary alicyclic amines) is 1. The van der Waals surface area contributed by atoms with E-state index >= 15 is 0 Å². The monoisotopic (exact) mass is 542 g/mol. The Morgan fingerprint density at radius 3 is 2.30 bits per heavy atom. The van der Waals surface area contributed by atoms with Crippen molar-refractivity contribution in [1.82, 2.24) is 9.88 Å². The molecule has 0 unspecified atom stereocenters. The molecule has 5 nitrogen and oxygen atoms in total. The third-order valence-electron chi connectivity index (χ3n) is 7.49. The van der Waals surface area contributed by atoms with Crippen molar-refractivity contribution in [3.05, 3.63) is 71.0 Å². The van der Waals surface area contributed by atoms with Gasteiger partial charge in [-0.2, -0.15) is 0 Å². The smallest absolute Gasteiger partial charge is 0.410 e. The van der Waals surface area contributed by atoms with Gasteiger partial charge in [-0.15, -0.1) is 0 Å². The van der Waals surface area contributed by atoms with Crippen LogP contribution in [0.1, 0.15) is 77.2 Å². The zero-order chi connectivity index (χ0) is 27.6. The van der Waals surface area contributed by atoms with Gasteiger partial charge in [-0.05, 0) is 75.4 Å². The van der Waals surface area contributed by atoms with Crippen LogP contribution in [0.25, 0.3) is 6.08 Å². The van der Waals surface area contributed by atoms with Crippen LogP contribution in [0.15, 0.2) is 49.2 Å². The van der Waals surface area contributed by atoms with Gasteiger partial charge in [0.15, 0.2) is 8.32 Å². The van der Waals surface area contributed by atoms with E-state index in [1.165, 1.54) is 5.56 Å². The molecule has 1 aromatic heterocycles. The van der Waals surface area contributed by atoms with Crippen molar-refractivity contribution in [2.45, 2.75) is 103 Å². The average Bonchev–Trinajstić information content (AvgIpc) is 3.20. The third kappa shape index (κ3) is 7.46. The summed E-state index contributed by atoms with van der Waals surface area (Å²) >= 11 is 6.13. The normalized spacial score (nSPS) is 19.5. The van der Waals surface area contributed by atoms with Crippen LogP contribution in [0.3, 0.4) is 0 Å². The first kappa shape index (κ1) is 29.4. The highest BCUT2D eigenvalue weighted by molar-refractivity contribution is 6.74. The molecule has 0 bridgehead atoms. The van der Waals surface area contributed by atoms with Crippen LogP contribution in [0, 0.1) is 0 Å². The van der Waals surface area contributed by atoms with Crippen molar-refractivity contribution in [3.8, 4) is 0 Å². The van der Waals surface area contributed by atoms with Gasteiger partial charge in [0.05, 0.1) is 12.1 Å². The van der Waals surface area contributed by atoms with Crippen molar-refractivity contribution in [3.63, 3.8) is 0 Å². The summed E-state index contributed by atoms with van der Waals surface area (Å²) < 4.78 is 13.0. The van der Waals surface area contributed by atoms with E-state index in [-0.39, 0.29) is 29.3 Å². The highest BCUT2D eigenvalue weighted by Gasteiger charge is 2.47. The molecule has 37 heavy (non-hydrogen) atoms. The summed E-state index contributed by atoms with van der Waals surface area (Å²) in [5.74, 6) is 0. The second kappa shape index (κ2) is 11.3. The number of benzene rings is 1. The number of hydrogen-bond acceptors (Lipinski definition) is 4. The van der Waals surface area contributed by atoms with Crippen LogP contribution in [0.4, 0.5) is 4.79 Å². The Morgan fingerprint density at radius 1 is 1.14 bits per heavy atom. The Kier molecular flexibility index (Phi) is 8.98. The topological polar surface area (TPSA) is 51.7 Å². The van der Waals surface area contributed by atoms with E-state index in [0.29, 0.717) is 5.15 Å². The van der Waals surface area contributed by atoms with Crippen LogP contribution in [-0.2, 0) is 15.6 Å². The maximum absolute atomic E-state index is 13.7. The lowest BCUT2D eigenvalue weighted by atomic mass is 10.0. The van der Waals surface area contributed by atoms with Crippen molar-refractivity contribution >= 4 is 32.1 Å². The van der Waals surface area contributed by atoms with Crippen LogP contribution < -0.4 is 0 Å². The Hall–Kier alpha value is -2.15. The van der Waals surface area contributed by atoms with Gasteiger partial charge in [-0.3, -0.25) is 4.90 Å². The van der Waals surface area contributed by atoms with Crippen molar-refractivity contribution in [2.24, 2.45) is 0 Å². The lowest BCUT2D eigenvalue weighted by molar-refractivity contribution is -0.00243. The van der Waals surface area contributed by atoms with E-state index in [0.717, 1.165) is 30.4 Å². The molecule has 2 aromatic rings. The molecule has 1 fully saturated rings. The van der Waals surface area contributed by atoms with Gasteiger partial charge in [0, 0.05) is 17.8 Å². The van der Waals surface area contributed by atoms with Gasteiger partial charge in [0.2, 0.25) is 0 Å². The Morgan fingerprint density at radius 2 is 1.78 bits per heavy atom. The van der Waals surface area contributed by atoms with Gasteiger partial charge in [-0.25, -0.2) is 9.78 Å².